The summed E-state index contributed by atoms with van der Waals surface area (Å²) in [5.74, 6) is -1.14. The molecule has 0 unspecified atom stereocenters. The first-order chi connectivity index (χ1) is 15.6. The van der Waals surface area contributed by atoms with E-state index in [1.54, 1.807) is 23.7 Å². The summed E-state index contributed by atoms with van der Waals surface area (Å²) in [6.45, 7) is 0. The van der Waals surface area contributed by atoms with Crippen LogP contribution in [0.5, 0.6) is 0 Å². The smallest absolute Gasteiger partial charge is 0.253 e. The quantitative estimate of drug-likeness (QED) is 0.221. The van der Waals surface area contributed by atoms with Gasteiger partial charge in [0.1, 0.15) is 6.04 Å². The maximum atomic E-state index is 12.9. The second-order valence-corrected chi connectivity index (χ2v) is 7.43. The van der Waals surface area contributed by atoms with Crippen LogP contribution in [0.15, 0.2) is 66.9 Å². The lowest BCUT2D eigenvalue weighted by Crippen LogP contribution is -2.43. The van der Waals surface area contributed by atoms with Gasteiger partial charge >= 0.3 is 0 Å². The fraction of sp³-hybridized carbons (Fsp3) is 0.250. The Bertz CT molecular complexity index is 1070. The van der Waals surface area contributed by atoms with Crippen LogP contribution < -0.4 is 16.1 Å². The minimum atomic E-state index is -0.749. The van der Waals surface area contributed by atoms with Gasteiger partial charge in [-0.3, -0.25) is 24.6 Å². The van der Waals surface area contributed by atoms with E-state index < -0.39 is 11.9 Å². The van der Waals surface area contributed by atoms with Gasteiger partial charge in [-0.15, -0.1) is 0 Å². The van der Waals surface area contributed by atoms with Crippen molar-refractivity contribution in [3.8, 4) is 0 Å². The Labute approximate surface area is 186 Å². The topological polar surface area (TPSA) is 120 Å². The van der Waals surface area contributed by atoms with E-state index in [-0.39, 0.29) is 18.2 Å². The maximum Gasteiger partial charge on any atom is 0.253 e. The standard InChI is InChI=1S/C24H26N4O4/c29-22(28-32)14-6-2-5-13-21(24(31)26-19-10-3-1-4-11-19)27-23(30)18-15-17-9-7-8-12-20(17)25-16-18/h1,3-4,7-12,15-16,21,32H,2,5-6,13-14H2,(H,26,31)(H,27,30)(H,28,29)/t21-/m0/s1. The number of carbonyl (C=O) groups is 3. The zero-order valence-electron chi connectivity index (χ0n) is 17.6. The van der Waals surface area contributed by atoms with E-state index in [4.69, 9.17) is 5.21 Å². The second-order valence-electron chi connectivity index (χ2n) is 7.43. The molecule has 1 atom stereocenters. The van der Waals surface area contributed by atoms with Gasteiger partial charge in [0, 0.05) is 23.7 Å². The molecule has 1 heterocycles. The molecular weight excluding hydrogens is 408 g/mol. The van der Waals surface area contributed by atoms with Gasteiger partial charge in [0.05, 0.1) is 11.1 Å². The van der Waals surface area contributed by atoms with Crippen molar-refractivity contribution in [2.24, 2.45) is 0 Å². The molecule has 2 aromatic carbocycles. The number of fused-ring (bicyclic) bond motifs is 1. The van der Waals surface area contributed by atoms with E-state index in [0.29, 0.717) is 36.9 Å². The minimum absolute atomic E-state index is 0.201. The molecule has 3 aromatic rings. The van der Waals surface area contributed by atoms with Crippen molar-refractivity contribution in [1.29, 1.82) is 0 Å². The minimum Gasteiger partial charge on any atom is -0.340 e. The number of unbranched alkanes of at least 4 members (excludes halogenated alkanes) is 2. The lowest BCUT2D eigenvalue weighted by atomic mass is 10.0. The number of hydrogen-bond acceptors (Lipinski definition) is 5. The predicted molar refractivity (Wildman–Crippen MR) is 121 cm³/mol. The van der Waals surface area contributed by atoms with Crippen molar-refractivity contribution in [1.82, 2.24) is 15.8 Å². The molecule has 0 aliphatic carbocycles. The Morgan fingerprint density at radius 3 is 2.47 bits per heavy atom. The highest BCUT2D eigenvalue weighted by Crippen LogP contribution is 2.14. The molecule has 0 fully saturated rings. The summed E-state index contributed by atoms with van der Waals surface area (Å²) >= 11 is 0. The number of pyridine rings is 1. The predicted octanol–water partition coefficient (Wildman–Crippen LogP) is 3.43. The van der Waals surface area contributed by atoms with E-state index in [0.717, 1.165) is 10.9 Å². The molecule has 0 radical (unpaired) electrons. The number of nitrogens with one attached hydrogen (secondary N) is 3. The summed E-state index contributed by atoms with van der Waals surface area (Å²) in [6, 6.07) is 17.5. The monoisotopic (exact) mass is 434 g/mol. The van der Waals surface area contributed by atoms with Gasteiger partial charge in [-0.05, 0) is 37.1 Å². The Hall–Kier alpha value is -3.78. The van der Waals surface area contributed by atoms with Crippen LogP contribution in [0.25, 0.3) is 10.9 Å². The van der Waals surface area contributed by atoms with Crippen LogP contribution in [0, 0.1) is 0 Å². The number of aromatic nitrogens is 1. The average molecular weight is 434 g/mol. The summed E-state index contributed by atoms with van der Waals surface area (Å²) in [6.07, 6.45) is 3.98. The molecule has 166 valence electrons. The van der Waals surface area contributed by atoms with Gasteiger partial charge in [-0.25, -0.2) is 5.48 Å². The maximum absolute atomic E-state index is 12.9. The first-order valence-corrected chi connectivity index (χ1v) is 10.5. The van der Waals surface area contributed by atoms with E-state index in [2.05, 4.69) is 15.6 Å². The van der Waals surface area contributed by atoms with Gasteiger partial charge in [0.2, 0.25) is 11.8 Å². The molecular formula is C24H26N4O4. The van der Waals surface area contributed by atoms with Gasteiger partial charge in [-0.1, -0.05) is 49.2 Å². The van der Waals surface area contributed by atoms with Crippen LogP contribution in [-0.2, 0) is 9.59 Å². The molecule has 32 heavy (non-hydrogen) atoms. The number of benzene rings is 2. The molecule has 1 aromatic heterocycles. The number of hydrogen-bond donors (Lipinski definition) is 4. The molecule has 0 aliphatic rings. The largest absolute Gasteiger partial charge is 0.340 e. The van der Waals surface area contributed by atoms with Crippen molar-refractivity contribution in [3.05, 3.63) is 72.4 Å². The highest BCUT2D eigenvalue weighted by atomic mass is 16.5. The fourth-order valence-electron chi connectivity index (χ4n) is 3.32. The molecule has 0 saturated heterocycles. The highest BCUT2D eigenvalue weighted by Gasteiger charge is 2.22. The molecule has 3 rings (SSSR count). The van der Waals surface area contributed by atoms with Crippen molar-refractivity contribution < 1.29 is 19.6 Å². The molecule has 4 N–H and O–H groups in total. The summed E-state index contributed by atoms with van der Waals surface area (Å²) in [5, 5.41) is 15.1. The van der Waals surface area contributed by atoms with Crippen LogP contribution >= 0.6 is 0 Å². The average Bonchev–Trinajstić information content (AvgIpc) is 2.83. The lowest BCUT2D eigenvalue weighted by molar-refractivity contribution is -0.129. The molecule has 0 aliphatic heterocycles. The van der Waals surface area contributed by atoms with Crippen LogP contribution in [-0.4, -0.2) is 34.0 Å². The zero-order valence-corrected chi connectivity index (χ0v) is 17.6. The summed E-state index contributed by atoms with van der Waals surface area (Å²) in [4.78, 5) is 41.2. The van der Waals surface area contributed by atoms with Crippen molar-refractivity contribution in [2.75, 3.05) is 5.32 Å². The molecule has 0 bridgehead atoms. The van der Waals surface area contributed by atoms with Crippen molar-refractivity contribution >= 4 is 34.3 Å². The fourth-order valence-corrected chi connectivity index (χ4v) is 3.32. The van der Waals surface area contributed by atoms with Gasteiger partial charge < -0.3 is 10.6 Å². The molecule has 0 spiro atoms. The van der Waals surface area contributed by atoms with Gasteiger partial charge in [0.15, 0.2) is 0 Å². The number of para-hydroxylation sites is 2. The number of amides is 3. The lowest BCUT2D eigenvalue weighted by Gasteiger charge is -2.19. The number of anilines is 1. The molecule has 3 amide bonds. The first-order valence-electron chi connectivity index (χ1n) is 10.5. The molecule has 0 saturated carbocycles. The Kier molecular flexibility index (Phi) is 8.28. The third-order valence-corrected chi connectivity index (χ3v) is 5.04. The first kappa shape index (κ1) is 22.9. The zero-order chi connectivity index (χ0) is 22.8. The summed E-state index contributed by atoms with van der Waals surface area (Å²) < 4.78 is 0. The van der Waals surface area contributed by atoms with Gasteiger partial charge in [0.25, 0.3) is 5.91 Å². The normalized spacial score (nSPS) is 11.5. The van der Waals surface area contributed by atoms with E-state index in [9.17, 15) is 14.4 Å². The van der Waals surface area contributed by atoms with Crippen LogP contribution in [0.3, 0.4) is 0 Å². The third kappa shape index (κ3) is 6.61. The number of hydroxylamine groups is 1. The summed E-state index contributed by atoms with van der Waals surface area (Å²) in [7, 11) is 0. The van der Waals surface area contributed by atoms with E-state index >= 15 is 0 Å². The number of rotatable bonds is 10. The number of nitrogens with zero attached hydrogens (tertiary/aromatic N) is 1. The number of carbonyl (C=O) groups excluding carboxylic acids is 3. The Morgan fingerprint density at radius 2 is 1.69 bits per heavy atom. The molecule has 8 heteroatoms. The third-order valence-electron chi connectivity index (χ3n) is 5.04. The van der Waals surface area contributed by atoms with Crippen LogP contribution in [0.2, 0.25) is 0 Å². The SMILES string of the molecule is O=C(CCCCC[C@H](NC(=O)c1cnc2ccccc2c1)C(=O)Nc1ccccc1)NO. The highest BCUT2D eigenvalue weighted by molar-refractivity contribution is 6.02. The summed E-state index contributed by atoms with van der Waals surface area (Å²) in [5.41, 5.74) is 3.41. The van der Waals surface area contributed by atoms with E-state index in [1.807, 2.05) is 42.5 Å². The Balaban J connectivity index is 1.66. The second kappa shape index (κ2) is 11.6. The van der Waals surface area contributed by atoms with Crippen molar-refractivity contribution in [2.45, 2.75) is 38.1 Å². The van der Waals surface area contributed by atoms with Crippen molar-refractivity contribution in [3.63, 3.8) is 0 Å². The van der Waals surface area contributed by atoms with Crippen LogP contribution in [0.4, 0.5) is 5.69 Å². The van der Waals surface area contributed by atoms with Crippen LogP contribution in [0.1, 0.15) is 42.5 Å². The van der Waals surface area contributed by atoms with Gasteiger partial charge in [-0.2, -0.15) is 0 Å². The van der Waals surface area contributed by atoms with E-state index in [1.165, 1.54) is 6.20 Å². The molecule has 8 nitrogen and oxygen atoms in total. The Morgan fingerprint density at radius 1 is 0.938 bits per heavy atom.